The highest BCUT2D eigenvalue weighted by Gasteiger charge is 2.28. The molecule has 150 valence electrons. The maximum Gasteiger partial charge on any atom is 0.269 e. The van der Waals surface area contributed by atoms with Gasteiger partial charge in [-0.3, -0.25) is 10.1 Å². The molecule has 4 rings (SSSR count). The minimum atomic E-state index is -0.405. The number of nitrogens with zero attached hydrogens (tertiary/aromatic N) is 4. The largest absolute Gasteiger partial charge is 0.367 e. The summed E-state index contributed by atoms with van der Waals surface area (Å²) in [5.74, 6) is 1.45. The van der Waals surface area contributed by atoms with E-state index in [4.69, 9.17) is 9.72 Å². The Hall–Kier alpha value is -2.84. The summed E-state index contributed by atoms with van der Waals surface area (Å²) in [6.07, 6.45) is 0.868. The third kappa shape index (κ3) is 4.28. The fraction of sp³-hybridized carbons (Fsp3) is 0.333. The van der Waals surface area contributed by atoms with Crippen LogP contribution in [0.5, 0.6) is 0 Å². The van der Waals surface area contributed by atoms with Crippen LogP contribution in [0.1, 0.15) is 31.2 Å². The Bertz CT molecular complexity index is 992. The summed E-state index contributed by atoms with van der Waals surface area (Å²) >= 11 is 1.67. The van der Waals surface area contributed by atoms with Gasteiger partial charge in [-0.2, -0.15) is 11.3 Å². The smallest absolute Gasteiger partial charge is 0.269 e. The summed E-state index contributed by atoms with van der Waals surface area (Å²) in [5, 5.41) is 15.1. The quantitative estimate of drug-likeness (QED) is 0.450. The lowest BCUT2D eigenvalue weighted by Crippen LogP contribution is -2.43. The first-order valence-electron chi connectivity index (χ1n) is 9.58. The number of morpholine rings is 1. The highest BCUT2D eigenvalue weighted by molar-refractivity contribution is 7.07. The minimum Gasteiger partial charge on any atom is -0.367 e. The van der Waals surface area contributed by atoms with E-state index in [1.807, 2.05) is 6.07 Å². The number of hydrogen-bond acceptors (Lipinski definition) is 7. The molecule has 0 bridgehead atoms. The fourth-order valence-electron chi connectivity index (χ4n) is 3.47. The molecule has 2 unspecified atom stereocenters. The van der Waals surface area contributed by atoms with Crippen molar-refractivity contribution in [1.29, 1.82) is 0 Å². The van der Waals surface area contributed by atoms with E-state index in [0.717, 1.165) is 36.6 Å². The van der Waals surface area contributed by atoms with Gasteiger partial charge in [-0.1, -0.05) is 6.92 Å². The van der Waals surface area contributed by atoms with Gasteiger partial charge in [0.1, 0.15) is 11.9 Å². The molecule has 7 nitrogen and oxygen atoms in total. The third-order valence-electron chi connectivity index (χ3n) is 4.96. The van der Waals surface area contributed by atoms with Gasteiger partial charge in [0.2, 0.25) is 0 Å². The predicted octanol–water partition coefficient (Wildman–Crippen LogP) is 4.64. The van der Waals surface area contributed by atoms with E-state index in [2.05, 4.69) is 40.6 Å². The van der Waals surface area contributed by atoms with Gasteiger partial charge in [0.25, 0.3) is 5.69 Å². The maximum absolute atomic E-state index is 10.9. The van der Waals surface area contributed by atoms with Gasteiger partial charge >= 0.3 is 0 Å². The fourth-order valence-corrected chi connectivity index (χ4v) is 4.17. The van der Waals surface area contributed by atoms with E-state index < -0.39 is 4.92 Å². The number of anilines is 1. The molecule has 0 radical (unpaired) electrons. The van der Waals surface area contributed by atoms with Crippen LogP contribution in [0.3, 0.4) is 0 Å². The molecule has 1 fully saturated rings. The molecule has 1 aliphatic rings. The summed E-state index contributed by atoms with van der Waals surface area (Å²) < 4.78 is 6.15. The van der Waals surface area contributed by atoms with Crippen LogP contribution in [0.4, 0.5) is 11.5 Å². The normalized spacial score (nSPS) is 19.3. The van der Waals surface area contributed by atoms with E-state index >= 15 is 0 Å². The number of nitro benzene ring substituents is 1. The van der Waals surface area contributed by atoms with Gasteiger partial charge in [-0.15, -0.1) is 0 Å². The molecule has 3 heterocycles. The number of non-ortho nitro benzene ring substituents is 1. The molecule has 3 aromatic rings. The molecule has 0 amide bonds. The molecule has 1 aliphatic heterocycles. The number of ether oxygens (including phenoxy) is 1. The Morgan fingerprint density at radius 3 is 2.69 bits per heavy atom. The van der Waals surface area contributed by atoms with Crippen LogP contribution in [-0.2, 0) is 11.2 Å². The van der Waals surface area contributed by atoms with E-state index in [9.17, 15) is 10.1 Å². The van der Waals surface area contributed by atoms with E-state index in [0.29, 0.717) is 5.82 Å². The summed E-state index contributed by atoms with van der Waals surface area (Å²) in [6, 6.07) is 10.5. The van der Waals surface area contributed by atoms with Crippen LogP contribution < -0.4 is 4.90 Å². The lowest BCUT2D eigenvalue weighted by atomic mass is 10.1. The van der Waals surface area contributed by atoms with Crippen LogP contribution in [0, 0.1) is 10.1 Å². The SMILES string of the molecule is CCc1cc(N2CC(C)OC(c3ccsc3)C2)nc(-c2ccc([N+](=O)[O-])cc2)n1. The summed E-state index contributed by atoms with van der Waals surface area (Å²) in [4.78, 5) is 22.2. The molecule has 0 spiro atoms. The van der Waals surface area contributed by atoms with Gasteiger partial charge in [-0.05, 0) is 47.9 Å². The van der Waals surface area contributed by atoms with Gasteiger partial charge in [0, 0.05) is 42.5 Å². The number of thiophene rings is 1. The number of nitro groups is 1. The molecular formula is C21H22N4O3S. The monoisotopic (exact) mass is 410 g/mol. The van der Waals surface area contributed by atoms with Crippen molar-refractivity contribution >= 4 is 22.8 Å². The average molecular weight is 410 g/mol. The molecular weight excluding hydrogens is 388 g/mol. The Balaban J connectivity index is 1.66. The molecule has 0 aliphatic carbocycles. The topological polar surface area (TPSA) is 81.4 Å². The first-order chi connectivity index (χ1) is 14.0. The van der Waals surface area contributed by atoms with Gasteiger partial charge in [0.15, 0.2) is 5.82 Å². The van der Waals surface area contributed by atoms with E-state index in [-0.39, 0.29) is 17.9 Å². The molecule has 29 heavy (non-hydrogen) atoms. The molecule has 1 saturated heterocycles. The summed E-state index contributed by atoms with van der Waals surface area (Å²) in [5.41, 5.74) is 2.95. The zero-order valence-corrected chi connectivity index (χ0v) is 17.1. The van der Waals surface area contributed by atoms with Crippen molar-refractivity contribution in [2.75, 3.05) is 18.0 Å². The molecule has 2 atom stereocenters. The maximum atomic E-state index is 10.9. The number of benzene rings is 1. The van der Waals surface area contributed by atoms with Crippen molar-refractivity contribution in [3.63, 3.8) is 0 Å². The van der Waals surface area contributed by atoms with Crippen molar-refractivity contribution in [3.8, 4) is 11.4 Å². The van der Waals surface area contributed by atoms with Gasteiger partial charge < -0.3 is 9.64 Å². The molecule has 1 aromatic carbocycles. The first-order valence-corrected chi connectivity index (χ1v) is 10.5. The number of aryl methyl sites for hydroxylation is 1. The number of hydrogen-bond donors (Lipinski definition) is 0. The Labute approximate surface area is 173 Å². The molecule has 0 N–H and O–H groups in total. The lowest BCUT2D eigenvalue weighted by Gasteiger charge is -2.37. The molecule has 0 saturated carbocycles. The van der Waals surface area contributed by atoms with Gasteiger partial charge in [-0.25, -0.2) is 9.97 Å². The van der Waals surface area contributed by atoms with Crippen LogP contribution in [0.25, 0.3) is 11.4 Å². The van der Waals surface area contributed by atoms with Crippen molar-refractivity contribution in [1.82, 2.24) is 9.97 Å². The van der Waals surface area contributed by atoms with Crippen molar-refractivity contribution in [2.24, 2.45) is 0 Å². The van der Waals surface area contributed by atoms with E-state index in [1.165, 1.54) is 17.7 Å². The second kappa shape index (κ2) is 8.26. The van der Waals surface area contributed by atoms with E-state index in [1.54, 1.807) is 23.5 Å². The number of aromatic nitrogens is 2. The number of rotatable bonds is 5. The van der Waals surface area contributed by atoms with Crippen molar-refractivity contribution < 1.29 is 9.66 Å². The predicted molar refractivity (Wildman–Crippen MR) is 113 cm³/mol. The standard InChI is InChI=1S/C21H22N4O3S/c1-3-17-10-20(23-21(22-17)15-4-6-18(7-5-15)25(26)27)24-11-14(2)28-19(12-24)16-8-9-29-13-16/h4-10,13-14,19H,3,11-12H2,1-2H3. The Kier molecular flexibility index (Phi) is 5.55. The Morgan fingerprint density at radius 2 is 2.03 bits per heavy atom. The summed E-state index contributed by atoms with van der Waals surface area (Å²) in [7, 11) is 0. The van der Waals surface area contributed by atoms with Crippen LogP contribution in [0.2, 0.25) is 0 Å². The van der Waals surface area contributed by atoms with Crippen molar-refractivity contribution in [2.45, 2.75) is 32.5 Å². The first kappa shape index (κ1) is 19.5. The zero-order valence-electron chi connectivity index (χ0n) is 16.3. The molecule has 2 aromatic heterocycles. The zero-order chi connectivity index (χ0) is 20.4. The van der Waals surface area contributed by atoms with Crippen LogP contribution in [0.15, 0.2) is 47.2 Å². The second-order valence-corrected chi connectivity index (χ2v) is 7.88. The van der Waals surface area contributed by atoms with Crippen LogP contribution >= 0.6 is 11.3 Å². The molecule has 8 heteroatoms. The second-order valence-electron chi connectivity index (χ2n) is 7.10. The lowest BCUT2D eigenvalue weighted by molar-refractivity contribution is -0.384. The third-order valence-corrected chi connectivity index (χ3v) is 5.66. The van der Waals surface area contributed by atoms with Gasteiger partial charge in [0.05, 0.1) is 11.0 Å². The van der Waals surface area contributed by atoms with Crippen LogP contribution in [-0.4, -0.2) is 34.1 Å². The highest BCUT2D eigenvalue weighted by Crippen LogP contribution is 2.30. The highest BCUT2D eigenvalue weighted by atomic mass is 32.1. The summed E-state index contributed by atoms with van der Waals surface area (Å²) in [6.45, 7) is 5.61. The minimum absolute atomic E-state index is 0.00728. The average Bonchev–Trinajstić information content (AvgIpc) is 3.28. The van der Waals surface area contributed by atoms with Crippen molar-refractivity contribution in [3.05, 3.63) is 68.5 Å². The Morgan fingerprint density at radius 1 is 1.24 bits per heavy atom.